The number of esters is 1. The van der Waals surface area contributed by atoms with Crippen molar-refractivity contribution >= 4 is 28.6 Å². The van der Waals surface area contributed by atoms with Crippen molar-refractivity contribution in [3.63, 3.8) is 0 Å². The van der Waals surface area contributed by atoms with Crippen LogP contribution in [0.3, 0.4) is 0 Å². The van der Waals surface area contributed by atoms with Crippen molar-refractivity contribution in [2.24, 2.45) is 0 Å². The first-order chi connectivity index (χ1) is 15.1. The maximum atomic E-state index is 12.6. The van der Waals surface area contributed by atoms with Crippen LogP contribution in [0, 0.1) is 6.92 Å². The molecule has 0 radical (unpaired) electrons. The average Bonchev–Trinajstić information content (AvgIpc) is 3.44. The minimum atomic E-state index is -0.419. The summed E-state index contributed by atoms with van der Waals surface area (Å²) in [6.07, 6.45) is 1.70. The Morgan fingerprint density at radius 3 is 2.61 bits per heavy atom. The van der Waals surface area contributed by atoms with Gasteiger partial charge in [0.15, 0.2) is 11.5 Å². The van der Waals surface area contributed by atoms with Crippen molar-refractivity contribution in [1.82, 2.24) is 15.0 Å². The molecule has 9 heteroatoms. The molecular formula is C22H19N3O4S2. The summed E-state index contributed by atoms with van der Waals surface area (Å²) < 4.78 is 16.1. The summed E-state index contributed by atoms with van der Waals surface area (Å²) in [5.74, 6) is 0.868. The second-order valence-corrected chi connectivity index (χ2v) is 8.30. The Balaban J connectivity index is 1.44. The Morgan fingerprint density at radius 1 is 1.03 bits per heavy atom. The van der Waals surface area contributed by atoms with Gasteiger partial charge in [0.1, 0.15) is 21.5 Å². The Bertz CT molecular complexity index is 1200. The fourth-order valence-electron chi connectivity index (χ4n) is 2.86. The third-order valence-electron chi connectivity index (χ3n) is 4.40. The molecule has 1 aromatic carbocycles. The molecule has 0 saturated heterocycles. The molecule has 7 nitrogen and oxygen atoms in total. The van der Waals surface area contributed by atoms with Gasteiger partial charge < -0.3 is 14.2 Å². The van der Waals surface area contributed by atoms with Crippen LogP contribution in [0.5, 0.6) is 11.5 Å². The fraction of sp³-hybridized carbons (Fsp3) is 0.182. The summed E-state index contributed by atoms with van der Waals surface area (Å²) in [5, 5.41) is 3.37. The molecule has 0 amide bonds. The highest BCUT2D eigenvalue weighted by Gasteiger charge is 2.19. The van der Waals surface area contributed by atoms with Gasteiger partial charge in [-0.05, 0) is 37.3 Å². The predicted molar refractivity (Wildman–Crippen MR) is 120 cm³/mol. The lowest BCUT2D eigenvalue weighted by Crippen LogP contribution is -2.05. The van der Waals surface area contributed by atoms with Crippen LogP contribution in [0.25, 0.3) is 21.3 Å². The molecular weight excluding hydrogens is 434 g/mol. The van der Waals surface area contributed by atoms with E-state index in [9.17, 15) is 4.79 Å². The molecule has 31 heavy (non-hydrogen) atoms. The topological polar surface area (TPSA) is 83.4 Å². The van der Waals surface area contributed by atoms with Crippen LogP contribution < -0.4 is 9.47 Å². The highest BCUT2D eigenvalue weighted by Crippen LogP contribution is 2.34. The number of carbonyl (C=O) groups excluding carboxylic acids is 1. The number of rotatable bonds is 7. The van der Waals surface area contributed by atoms with E-state index in [0.29, 0.717) is 32.8 Å². The zero-order valence-electron chi connectivity index (χ0n) is 17.1. The van der Waals surface area contributed by atoms with Crippen molar-refractivity contribution < 1.29 is 19.0 Å². The molecule has 3 aromatic heterocycles. The standard InChI is InChI=1S/C22H19N3O4S2/c1-13-19(31-21(24-13)16-6-4-5-9-23-16)22(26)29-11-15-12-30-20(25-15)14-7-8-17(27-2)18(10-14)28-3/h4-10,12H,11H2,1-3H3. The molecule has 0 aliphatic heterocycles. The van der Waals surface area contributed by atoms with Crippen LogP contribution in [0.4, 0.5) is 0 Å². The molecule has 0 atom stereocenters. The van der Waals surface area contributed by atoms with E-state index in [1.165, 1.54) is 22.7 Å². The first kappa shape index (κ1) is 21.0. The number of hydrogen-bond acceptors (Lipinski definition) is 9. The third kappa shape index (κ3) is 4.57. The van der Waals surface area contributed by atoms with E-state index in [-0.39, 0.29) is 6.61 Å². The zero-order chi connectivity index (χ0) is 21.8. The van der Waals surface area contributed by atoms with Crippen LogP contribution >= 0.6 is 22.7 Å². The number of benzene rings is 1. The molecule has 0 aliphatic carbocycles. The number of pyridine rings is 1. The van der Waals surface area contributed by atoms with E-state index in [0.717, 1.165) is 16.3 Å². The van der Waals surface area contributed by atoms with E-state index < -0.39 is 5.97 Å². The smallest absolute Gasteiger partial charge is 0.350 e. The maximum absolute atomic E-state index is 12.6. The van der Waals surface area contributed by atoms with Gasteiger partial charge in [0.2, 0.25) is 0 Å². The molecule has 158 valence electrons. The van der Waals surface area contributed by atoms with Gasteiger partial charge in [-0.2, -0.15) is 0 Å². The van der Waals surface area contributed by atoms with Crippen molar-refractivity contribution in [3.05, 3.63) is 64.2 Å². The number of carbonyl (C=O) groups is 1. The van der Waals surface area contributed by atoms with Crippen LogP contribution in [0.15, 0.2) is 48.0 Å². The maximum Gasteiger partial charge on any atom is 0.350 e. The summed E-state index contributed by atoms with van der Waals surface area (Å²) in [6.45, 7) is 1.87. The van der Waals surface area contributed by atoms with Gasteiger partial charge in [0.25, 0.3) is 0 Å². The predicted octanol–water partition coefficient (Wildman–Crippen LogP) is 5.01. The van der Waals surface area contributed by atoms with Crippen LogP contribution in [-0.4, -0.2) is 35.1 Å². The number of thiazole rings is 2. The average molecular weight is 454 g/mol. The first-order valence-corrected chi connectivity index (χ1v) is 11.0. The van der Waals surface area contributed by atoms with Gasteiger partial charge in [0, 0.05) is 17.1 Å². The van der Waals surface area contributed by atoms with Gasteiger partial charge in [0.05, 0.1) is 31.3 Å². The number of hydrogen-bond donors (Lipinski definition) is 0. The molecule has 0 bridgehead atoms. The number of ether oxygens (including phenoxy) is 3. The van der Waals surface area contributed by atoms with E-state index >= 15 is 0 Å². The van der Waals surface area contributed by atoms with Crippen molar-refractivity contribution in [2.75, 3.05) is 14.2 Å². The van der Waals surface area contributed by atoms with Crippen molar-refractivity contribution in [3.8, 4) is 32.8 Å². The fourth-order valence-corrected chi connectivity index (χ4v) is 4.60. The molecule has 4 aromatic rings. The molecule has 0 N–H and O–H groups in total. The monoisotopic (exact) mass is 453 g/mol. The Labute approximate surface area is 187 Å². The normalized spacial score (nSPS) is 10.7. The summed E-state index contributed by atoms with van der Waals surface area (Å²) >= 11 is 2.74. The molecule has 0 unspecified atom stereocenters. The van der Waals surface area contributed by atoms with Crippen LogP contribution in [0.2, 0.25) is 0 Å². The molecule has 0 fully saturated rings. The second kappa shape index (κ2) is 9.23. The quantitative estimate of drug-likeness (QED) is 0.364. The lowest BCUT2D eigenvalue weighted by Gasteiger charge is -2.08. The van der Waals surface area contributed by atoms with Crippen LogP contribution in [-0.2, 0) is 11.3 Å². The molecule has 0 aliphatic rings. The first-order valence-electron chi connectivity index (χ1n) is 9.31. The van der Waals surface area contributed by atoms with Gasteiger partial charge >= 0.3 is 5.97 Å². The number of aryl methyl sites for hydroxylation is 1. The van der Waals surface area contributed by atoms with E-state index in [1.807, 2.05) is 41.8 Å². The van der Waals surface area contributed by atoms with Crippen molar-refractivity contribution in [2.45, 2.75) is 13.5 Å². The Kier molecular flexibility index (Phi) is 6.24. The summed E-state index contributed by atoms with van der Waals surface area (Å²) in [6, 6.07) is 11.2. The largest absolute Gasteiger partial charge is 0.493 e. The third-order valence-corrected chi connectivity index (χ3v) is 6.50. The summed E-state index contributed by atoms with van der Waals surface area (Å²) in [5.41, 5.74) is 2.93. The number of methoxy groups -OCH3 is 2. The summed E-state index contributed by atoms with van der Waals surface area (Å²) in [7, 11) is 3.19. The van der Waals surface area contributed by atoms with Gasteiger partial charge in [-0.3, -0.25) is 4.98 Å². The van der Waals surface area contributed by atoms with E-state index in [2.05, 4.69) is 15.0 Å². The zero-order valence-corrected chi connectivity index (χ0v) is 18.8. The van der Waals surface area contributed by atoms with E-state index in [1.54, 1.807) is 27.3 Å². The van der Waals surface area contributed by atoms with Crippen LogP contribution in [0.1, 0.15) is 21.1 Å². The molecule has 0 saturated carbocycles. The number of nitrogens with zero attached hydrogens (tertiary/aromatic N) is 3. The Morgan fingerprint density at radius 2 is 1.87 bits per heavy atom. The summed E-state index contributed by atoms with van der Waals surface area (Å²) in [4.78, 5) is 26.4. The minimum Gasteiger partial charge on any atom is -0.493 e. The van der Waals surface area contributed by atoms with Gasteiger partial charge in [-0.25, -0.2) is 14.8 Å². The second-order valence-electron chi connectivity index (χ2n) is 6.44. The molecule has 3 heterocycles. The van der Waals surface area contributed by atoms with Crippen molar-refractivity contribution in [1.29, 1.82) is 0 Å². The highest BCUT2D eigenvalue weighted by atomic mass is 32.1. The van der Waals surface area contributed by atoms with Gasteiger partial charge in [-0.15, -0.1) is 22.7 Å². The SMILES string of the molecule is COc1ccc(-c2nc(COC(=O)c3sc(-c4ccccn4)nc3C)cs2)cc1OC. The molecule has 4 rings (SSSR count). The van der Waals surface area contributed by atoms with Gasteiger partial charge in [-0.1, -0.05) is 6.07 Å². The Hall–Kier alpha value is -3.30. The van der Waals surface area contributed by atoms with E-state index in [4.69, 9.17) is 14.2 Å². The number of aromatic nitrogens is 3. The lowest BCUT2D eigenvalue weighted by molar-refractivity contribution is 0.0473. The lowest BCUT2D eigenvalue weighted by atomic mass is 10.2. The molecule has 0 spiro atoms. The minimum absolute atomic E-state index is 0.0822. The highest BCUT2D eigenvalue weighted by molar-refractivity contribution is 7.17.